The summed E-state index contributed by atoms with van der Waals surface area (Å²) in [4.78, 5) is 24.7. The Hall–Kier alpha value is -2.53. The largest absolute Gasteiger partial charge is 0.478 e. The third-order valence-electron chi connectivity index (χ3n) is 3.36. The minimum atomic E-state index is -1.05. The van der Waals surface area contributed by atoms with Gasteiger partial charge in [-0.3, -0.25) is 4.90 Å². The fourth-order valence-electron chi connectivity index (χ4n) is 2.12. The van der Waals surface area contributed by atoms with Crippen LogP contribution in [0.25, 0.3) is 11.1 Å². The van der Waals surface area contributed by atoms with E-state index in [1.54, 1.807) is 43.4 Å². The minimum absolute atomic E-state index is 0.114. The lowest BCUT2D eigenvalue weighted by Crippen LogP contribution is -2.37. The van der Waals surface area contributed by atoms with Gasteiger partial charge in [0.05, 0.1) is 5.56 Å². The molecule has 2 N–H and O–H groups in total. The number of carbonyl (C=O) groups excluding carboxylic acids is 1. The molecule has 0 bridgehead atoms. The van der Waals surface area contributed by atoms with Crippen molar-refractivity contribution in [3.05, 3.63) is 53.1 Å². The number of halogens is 1. The van der Waals surface area contributed by atoms with E-state index in [0.29, 0.717) is 22.8 Å². The van der Waals surface area contributed by atoms with Crippen LogP contribution in [0, 0.1) is 0 Å². The number of nitrogens with one attached hydrogen (secondary N) is 1. The molecule has 2 aromatic carbocycles. The Balaban J connectivity index is 2.49. The minimum Gasteiger partial charge on any atom is -0.478 e. The molecule has 2 aromatic rings. The highest BCUT2D eigenvalue weighted by atomic mass is 35.5. The smallest absolute Gasteiger partial charge is 0.335 e. The van der Waals surface area contributed by atoms with Gasteiger partial charge in [-0.15, -0.1) is 0 Å². The Morgan fingerprint density at radius 1 is 1.13 bits per heavy atom. The van der Waals surface area contributed by atoms with Crippen molar-refractivity contribution in [3.63, 3.8) is 0 Å². The number of aromatic carboxylic acids is 1. The summed E-state index contributed by atoms with van der Waals surface area (Å²) in [5, 5.41) is 12.6. The number of carboxylic acids is 1. The van der Waals surface area contributed by atoms with E-state index in [1.807, 2.05) is 6.92 Å². The van der Waals surface area contributed by atoms with Crippen molar-refractivity contribution < 1.29 is 14.7 Å². The lowest BCUT2D eigenvalue weighted by Gasteiger charge is -2.19. The molecule has 0 fully saturated rings. The van der Waals surface area contributed by atoms with Crippen molar-refractivity contribution in [1.29, 1.82) is 0 Å². The molecular weight excluding hydrogens is 316 g/mol. The number of carbonyl (C=O) groups is 2. The SMILES string of the molecule is CCNC(=O)N(C)c1cc(C(=O)O)cc(-c2ccc(Cl)cc2)c1. The van der Waals surface area contributed by atoms with Crippen LogP contribution in [-0.4, -0.2) is 30.7 Å². The van der Waals surface area contributed by atoms with Gasteiger partial charge in [0, 0.05) is 24.3 Å². The highest BCUT2D eigenvalue weighted by Crippen LogP contribution is 2.27. The summed E-state index contributed by atoms with van der Waals surface area (Å²) in [6, 6.07) is 11.6. The third kappa shape index (κ3) is 4.02. The van der Waals surface area contributed by atoms with Gasteiger partial charge in [0.25, 0.3) is 0 Å². The summed E-state index contributed by atoms with van der Waals surface area (Å²) in [5.74, 6) is -1.05. The highest BCUT2D eigenvalue weighted by molar-refractivity contribution is 6.30. The average molecular weight is 333 g/mol. The molecule has 0 saturated carbocycles. The number of hydrogen-bond donors (Lipinski definition) is 2. The van der Waals surface area contributed by atoms with Crippen molar-refractivity contribution in [2.75, 3.05) is 18.5 Å². The van der Waals surface area contributed by atoms with E-state index in [9.17, 15) is 14.7 Å². The number of hydrogen-bond acceptors (Lipinski definition) is 2. The zero-order valence-corrected chi connectivity index (χ0v) is 13.6. The van der Waals surface area contributed by atoms with Gasteiger partial charge in [-0.25, -0.2) is 9.59 Å². The van der Waals surface area contributed by atoms with Crippen LogP contribution in [0.2, 0.25) is 5.02 Å². The van der Waals surface area contributed by atoms with E-state index in [1.165, 1.54) is 11.0 Å². The Morgan fingerprint density at radius 3 is 2.35 bits per heavy atom. The van der Waals surface area contributed by atoms with Crippen LogP contribution in [0.5, 0.6) is 0 Å². The van der Waals surface area contributed by atoms with Gasteiger partial charge in [0.15, 0.2) is 0 Å². The molecule has 23 heavy (non-hydrogen) atoms. The van der Waals surface area contributed by atoms with Crippen LogP contribution < -0.4 is 10.2 Å². The number of amides is 2. The molecule has 6 heteroatoms. The fourth-order valence-corrected chi connectivity index (χ4v) is 2.25. The lowest BCUT2D eigenvalue weighted by atomic mass is 10.0. The molecule has 2 amide bonds. The Bertz CT molecular complexity index is 729. The number of rotatable bonds is 4. The van der Waals surface area contributed by atoms with Gasteiger partial charge in [-0.2, -0.15) is 0 Å². The number of anilines is 1. The van der Waals surface area contributed by atoms with Gasteiger partial charge in [0.1, 0.15) is 0 Å². The van der Waals surface area contributed by atoms with Crippen LogP contribution in [-0.2, 0) is 0 Å². The van der Waals surface area contributed by atoms with E-state index in [0.717, 1.165) is 5.56 Å². The standard InChI is InChI=1S/C17H17ClN2O3/c1-3-19-17(23)20(2)15-9-12(8-13(10-15)16(21)22)11-4-6-14(18)7-5-11/h4-10H,3H2,1-2H3,(H,19,23)(H,21,22). The van der Waals surface area contributed by atoms with Crippen molar-refractivity contribution in [3.8, 4) is 11.1 Å². The Kier molecular flexibility index (Phi) is 5.24. The first-order valence-corrected chi connectivity index (χ1v) is 7.46. The van der Waals surface area contributed by atoms with E-state index >= 15 is 0 Å². The van der Waals surface area contributed by atoms with Gasteiger partial charge >= 0.3 is 12.0 Å². The molecule has 0 radical (unpaired) electrons. The first-order valence-electron chi connectivity index (χ1n) is 7.08. The molecule has 0 saturated heterocycles. The predicted molar refractivity (Wildman–Crippen MR) is 91.3 cm³/mol. The van der Waals surface area contributed by atoms with Crippen molar-refractivity contribution in [2.24, 2.45) is 0 Å². The second-order valence-electron chi connectivity index (χ2n) is 4.98. The quantitative estimate of drug-likeness (QED) is 0.892. The van der Waals surface area contributed by atoms with E-state index < -0.39 is 5.97 Å². The number of nitrogens with zero attached hydrogens (tertiary/aromatic N) is 1. The maximum Gasteiger partial charge on any atom is 0.335 e. The monoisotopic (exact) mass is 332 g/mol. The van der Waals surface area contributed by atoms with Crippen molar-refractivity contribution in [2.45, 2.75) is 6.92 Å². The predicted octanol–water partition coefficient (Wildman–Crippen LogP) is 3.87. The Labute approximate surface area is 139 Å². The van der Waals surface area contributed by atoms with E-state index in [-0.39, 0.29) is 11.6 Å². The van der Waals surface area contributed by atoms with Gasteiger partial charge in [0.2, 0.25) is 0 Å². The summed E-state index contributed by atoms with van der Waals surface area (Å²) in [5.41, 5.74) is 2.14. The first kappa shape index (κ1) is 16.8. The summed E-state index contributed by atoms with van der Waals surface area (Å²) < 4.78 is 0. The number of benzene rings is 2. The molecule has 2 rings (SSSR count). The molecule has 0 aliphatic heterocycles. The summed E-state index contributed by atoms with van der Waals surface area (Å²) in [6.45, 7) is 2.31. The summed E-state index contributed by atoms with van der Waals surface area (Å²) in [6.07, 6.45) is 0. The van der Waals surface area contributed by atoms with Crippen molar-refractivity contribution >= 4 is 29.3 Å². The zero-order chi connectivity index (χ0) is 17.0. The van der Waals surface area contributed by atoms with Crippen LogP contribution in [0.4, 0.5) is 10.5 Å². The third-order valence-corrected chi connectivity index (χ3v) is 3.61. The molecule has 0 spiro atoms. The maximum atomic E-state index is 12.0. The van der Waals surface area contributed by atoms with E-state index in [2.05, 4.69) is 5.32 Å². The summed E-state index contributed by atoms with van der Waals surface area (Å²) >= 11 is 5.88. The first-order chi connectivity index (χ1) is 10.9. The topological polar surface area (TPSA) is 69.6 Å². The fraction of sp³-hybridized carbons (Fsp3) is 0.176. The zero-order valence-electron chi connectivity index (χ0n) is 12.8. The molecule has 120 valence electrons. The molecule has 0 aromatic heterocycles. The van der Waals surface area contributed by atoms with Gasteiger partial charge < -0.3 is 10.4 Å². The van der Waals surface area contributed by atoms with E-state index in [4.69, 9.17) is 11.6 Å². The molecule has 0 heterocycles. The summed E-state index contributed by atoms with van der Waals surface area (Å²) in [7, 11) is 1.59. The average Bonchev–Trinajstić information content (AvgIpc) is 2.54. The number of carboxylic acid groups (broad SMARTS) is 1. The normalized spacial score (nSPS) is 10.2. The molecule has 0 unspecified atom stereocenters. The second-order valence-corrected chi connectivity index (χ2v) is 5.41. The molecule has 0 aliphatic carbocycles. The van der Waals surface area contributed by atoms with Crippen LogP contribution in [0.3, 0.4) is 0 Å². The highest BCUT2D eigenvalue weighted by Gasteiger charge is 2.14. The molecule has 5 nitrogen and oxygen atoms in total. The molecule has 0 atom stereocenters. The van der Waals surface area contributed by atoms with Gasteiger partial charge in [-0.05, 0) is 48.4 Å². The van der Waals surface area contributed by atoms with Crippen LogP contribution >= 0.6 is 11.6 Å². The Morgan fingerprint density at radius 2 is 1.78 bits per heavy atom. The second kappa shape index (κ2) is 7.15. The van der Waals surface area contributed by atoms with Crippen LogP contribution in [0.1, 0.15) is 17.3 Å². The maximum absolute atomic E-state index is 12.0. The van der Waals surface area contributed by atoms with Gasteiger partial charge in [-0.1, -0.05) is 23.7 Å². The lowest BCUT2D eigenvalue weighted by molar-refractivity contribution is 0.0697. The van der Waals surface area contributed by atoms with Crippen molar-refractivity contribution in [1.82, 2.24) is 5.32 Å². The molecular formula is C17H17ClN2O3. The van der Waals surface area contributed by atoms with Crippen LogP contribution in [0.15, 0.2) is 42.5 Å². The number of urea groups is 1. The molecule has 0 aliphatic rings.